The summed E-state index contributed by atoms with van der Waals surface area (Å²) in [6, 6.07) is 5.55. The third kappa shape index (κ3) is 3.51. The van der Waals surface area contributed by atoms with Gasteiger partial charge in [0.2, 0.25) is 0 Å². The lowest BCUT2D eigenvalue weighted by molar-refractivity contribution is 0.102. The van der Waals surface area contributed by atoms with Crippen LogP contribution in [0.15, 0.2) is 39.4 Å². The first-order valence-electron chi connectivity index (χ1n) is 5.14. The van der Waals surface area contributed by atoms with Crippen molar-refractivity contribution >= 4 is 49.3 Å². The summed E-state index contributed by atoms with van der Waals surface area (Å²) in [6.07, 6.45) is 1.42. The highest BCUT2D eigenvalue weighted by molar-refractivity contribution is 9.10. The fourth-order valence-electron chi connectivity index (χ4n) is 1.41. The van der Waals surface area contributed by atoms with Crippen molar-refractivity contribution in [3.8, 4) is 0 Å². The number of carbonyl (C=O) groups excluding carboxylic acids is 1. The van der Waals surface area contributed by atoms with E-state index in [1.54, 1.807) is 6.07 Å². The number of halogens is 3. The van der Waals surface area contributed by atoms with E-state index in [9.17, 15) is 9.18 Å². The van der Waals surface area contributed by atoms with Gasteiger partial charge < -0.3 is 11.1 Å². The highest BCUT2D eigenvalue weighted by Gasteiger charge is 2.11. The number of nitrogens with zero attached hydrogens (tertiary/aromatic N) is 1. The van der Waals surface area contributed by atoms with Gasteiger partial charge in [-0.3, -0.25) is 4.79 Å². The third-order valence-electron chi connectivity index (χ3n) is 2.22. The van der Waals surface area contributed by atoms with Crippen molar-refractivity contribution in [1.82, 2.24) is 4.98 Å². The number of nitrogen functional groups attached to an aromatic ring is 1. The molecule has 0 fully saturated rings. The first-order valence-corrected chi connectivity index (χ1v) is 6.73. The van der Waals surface area contributed by atoms with E-state index in [1.807, 2.05) is 0 Å². The topological polar surface area (TPSA) is 68.0 Å². The van der Waals surface area contributed by atoms with Crippen LogP contribution < -0.4 is 11.1 Å². The van der Waals surface area contributed by atoms with Crippen molar-refractivity contribution in [2.24, 2.45) is 0 Å². The Bertz CT molecular complexity index is 629. The number of nitrogens with two attached hydrogens (primary N) is 1. The van der Waals surface area contributed by atoms with Crippen molar-refractivity contribution in [3.63, 3.8) is 0 Å². The molecule has 1 heterocycles. The van der Waals surface area contributed by atoms with E-state index in [2.05, 4.69) is 42.2 Å². The number of amides is 1. The van der Waals surface area contributed by atoms with E-state index >= 15 is 0 Å². The first-order chi connectivity index (χ1) is 8.95. The smallest absolute Gasteiger partial charge is 0.256 e. The fourth-order valence-corrected chi connectivity index (χ4v) is 2.34. The molecule has 3 N–H and O–H groups in total. The molecule has 0 aliphatic heterocycles. The minimum Gasteiger partial charge on any atom is -0.397 e. The fraction of sp³-hybridized carbons (Fsp3) is 0. The number of hydrogen-bond acceptors (Lipinski definition) is 3. The van der Waals surface area contributed by atoms with Crippen LogP contribution in [-0.4, -0.2) is 10.9 Å². The molecule has 0 saturated carbocycles. The summed E-state index contributed by atoms with van der Waals surface area (Å²) in [7, 11) is 0. The van der Waals surface area contributed by atoms with Gasteiger partial charge >= 0.3 is 0 Å². The van der Waals surface area contributed by atoms with Gasteiger partial charge in [-0.1, -0.05) is 15.9 Å². The van der Waals surface area contributed by atoms with Crippen LogP contribution in [0.2, 0.25) is 0 Å². The molecule has 0 aliphatic rings. The number of carbonyl (C=O) groups is 1. The molecule has 2 aromatic rings. The lowest BCUT2D eigenvalue weighted by atomic mass is 10.2. The predicted octanol–water partition coefficient (Wildman–Crippen LogP) is 3.58. The summed E-state index contributed by atoms with van der Waals surface area (Å²) in [5.74, 6) is -0.637. The molecule has 0 aliphatic carbocycles. The maximum absolute atomic E-state index is 13.2. The number of benzene rings is 1. The molecule has 0 radical (unpaired) electrons. The van der Waals surface area contributed by atoms with Gasteiger partial charge in [0.05, 0.1) is 16.4 Å². The Morgan fingerprint density at radius 2 is 2.00 bits per heavy atom. The maximum Gasteiger partial charge on any atom is 0.256 e. The van der Waals surface area contributed by atoms with Crippen LogP contribution >= 0.6 is 31.9 Å². The number of rotatable bonds is 2. The first kappa shape index (κ1) is 14.0. The van der Waals surface area contributed by atoms with E-state index in [4.69, 9.17) is 5.73 Å². The molecule has 0 atom stereocenters. The van der Waals surface area contributed by atoms with Crippen molar-refractivity contribution < 1.29 is 9.18 Å². The largest absolute Gasteiger partial charge is 0.397 e. The van der Waals surface area contributed by atoms with Gasteiger partial charge in [-0.2, -0.15) is 0 Å². The van der Waals surface area contributed by atoms with Crippen molar-refractivity contribution in [2.45, 2.75) is 0 Å². The third-order valence-corrected chi connectivity index (χ3v) is 3.28. The average Bonchev–Trinajstić information content (AvgIpc) is 2.31. The van der Waals surface area contributed by atoms with Crippen LogP contribution in [-0.2, 0) is 0 Å². The predicted molar refractivity (Wildman–Crippen MR) is 78.4 cm³/mol. The van der Waals surface area contributed by atoms with Crippen LogP contribution in [0.5, 0.6) is 0 Å². The summed E-state index contributed by atoms with van der Waals surface area (Å²) < 4.78 is 14.2. The van der Waals surface area contributed by atoms with Gasteiger partial charge in [0, 0.05) is 10.0 Å². The standard InChI is InChI=1S/C12H8Br2FN3O/c13-7-1-6(2-8(15)3-7)12(19)18-11-10(14)4-9(16)5-17-11/h1-5H,16H2,(H,17,18,19). The monoisotopic (exact) mass is 387 g/mol. The second kappa shape index (κ2) is 5.66. The molecule has 0 unspecified atom stereocenters. The lowest BCUT2D eigenvalue weighted by Gasteiger charge is -2.07. The van der Waals surface area contributed by atoms with E-state index in [0.717, 1.165) is 6.07 Å². The highest BCUT2D eigenvalue weighted by atomic mass is 79.9. The van der Waals surface area contributed by atoms with Crippen molar-refractivity contribution in [3.05, 3.63) is 50.8 Å². The number of nitrogens with one attached hydrogen (secondary N) is 1. The van der Waals surface area contributed by atoms with E-state index < -0.39 is 11.7 Å². The van der Waals surface area contributed by atoms with Gasteiger partial charge in [-0.05, 0) is 40.2 Å². The van der Waals surface area contributed by atoms with E-state index in [1.165, 1.54) is 18.3 Å². The Labute approximate surface area is 125 Å². The Hall–Kier alpha value is -1.47. The summed E-state index contributed by atoms with van der Waals surface area (Å²) in [4.78, 5) is 15.9. The highest BCUT2D eigenvalue weighted by Crippen LogP contribution is 2.23. The lowest BCUT2D eigenvalue weighted by Crippen LogP contribution is -2.13. The van der Waals surface area contributed by atoms with E-state index in [-0.39, 0.29) is 5.56 Å². The molecule has 0 bridgehead atoms. The number of hydrogen-bond donors (Lipinski definition) is 2. The summed E-state index contributed by atoms with van der Waals surface area (Å²) in [5.41, 5.74) is 6.21. The van der Waals surface area contributed by atoms with Crippen LogP contribution in [0.1, 0.15) is 10.4 Å². The quantitative estimate of drug-likeness (QED) is 0.826. The Balaban J connectivity index is 2.25. The molecule has 1 aromatic heterocycles. The van der Waals surface area contributed by atoms with Crippen LogP contribution in [0.4, 0.5) is 15.9 Å². The van der Waals surface area contributed by atoms with Crippen molar-refractivity contribution in [1.29, 1.82) is 0 Å². The molecule has 1 aromatic carbocycles. The number of pyridine rings is 1. The molecule has 2 rings (SSSR count). The zero-order chi connectivity index (χ0) is 14.0. The molecule has 19 heavy (non-hydrogen) atoms. The molecular formula is C12H8Br2FN3O. The second-order valence-corrected chi connectivity index (χ2v) is 5.48. The van der Waals surface area contributed by atoms with Crippen molar-refractivity contribution in [2.75, 3.05) is 11.1 Å². The minimum atomic E-state index is -0.496. The Kier molecular flexibility index (Phi) is 4.16. The van der Waals surface area contributed by atoms with Gasteiger partial charge in [-0.25, -0.2) is 9.37 Å². The van der Waals surface area contributed by atoms with E-state index in [0.29, 0.717) is 20.5 Å². The number of aromatic nitrogens is 1. The molecule has 1 amide bonds. The van der Waals surface area contributed by atoms with Crippen LogP contribution in [0, 0.1) is 5.82 Å². The Morgan fingerprint density at radius 1 is 1.26 bits per heavy atom. The molecule has 0 saturated heterocycles. The van der Waals surface area contributed by atoms with Gasteiger partial charge in [0.15, 0.2) is 0 Å². The Morgan fingerprint density at radius 3 is 2.63 bits per heavy atom. The summed E-state index contributed by atoms with van der Waals surface area (Å²) in [5, 5.41) is 2.57. The van der Waals surface area contributed by atoms with Gasteiger partial charge in [0.25, 0.3) is 5.91 Å². The number of anilines is 2. The SMILES string of the molecule is Nc1cnc(NC(=O)c2cc(F)cc(Br)c2)c(Br)c1. The zero-order valence-corrected chi connectivity index (χ0v) is 12.6. The molecule has 4 nitrogen and oxygen atoms in total. The molecule has 98 valence electrons. The normalized spacial score (nSPS) is 10.3. The molecule has 0 spiro atoms. The molecular weight excluding hydrogens is 381 g/mol. The van der Waals surface area contributed by atoms with Crippen LogP contribution in [0.25, 0.3) is 0 Å². The molecule has 7 heteroatoms. The van der Waals surface area contributed by atoms with Gasteiger partial charge in [-0.15, -0.1) is 0 Å². The van der Waals surface area contributed by atoms with Gasteiger partial charge in [0.1, 0.15) is 11.6 Å². The summed E-state index contributed by atoms with van der Waals surface area (Å²) in [6.45, 7) is 0. The summed E-state index contributed by atoms with van der Waals surface area (Å²) >= 11 is 6.37. The average molecular weight is 389 g/mol. The zero-order valence-electron chi connectivity index (χ0n) is 9.45. The maximum atomic E-state index is 13.2. The second-order valence-electron chi connectivity index (χ2n) is 3.71. The van der Waals surface area contributed by atoms with Crippen LogP contribution in [0.3, 0.4) is 0 Å². The minimum absolute atomic E-state index is 0.192.